The molecule has 1 unspecified atom stereocenters. The first-order valence-electron chi connectivity index (χ1n) is 9.31. The van der Waals surface area contributed by atoms with Crippen LogP contribution in [0.15, 0.2) is 24.3 Å². The van der Waals surface area contributed by atoms with Crippen LogP contribution in [0.2, 0.25) is 0 Å². The fourth-order valence-corrected chi connectivity index (χ4v) is 3.90. The molecule has 1 saturated heterocycles. The molecule has 0 aromatic heterocycles. The molecule has 0 spiro atoms. The number of carbonyl (C=O) groups is 2. The SMILES string of the molecule is O=C(NC1CCC(C(=O)O)CC1)NC1CCCN(c2cccc(F)c2)C1. The van der Waals surface area contributed by atoms with Gasteiger partial charge in [0, 0.05) is 30.9 Å². The number of hydrogen-bond acceptors (Lipinski definition) is 3. The van der Waals surface area contributed by atoms with Gasteiger partial charge >= 0.3 is 12.0 Å². The molecule has 3 N–H and O–H groups in total. The molecule has 1 aliphatic carbocycles. The van der Waals surface area contributed by atoms with Crippen molar-refractivity contribution in [1.29, 1.82) is 0 Å². The van der Waals surface area contributed by atoms with Crippen LogP contribution in [-0.4, -0.2) is 42.3 Å². The summed E-state index contributed by atoms with van der Waals surface area (Å²) in [6, 6.07) is 6.37. The minimum Gasteiger partial charge on any atom is -0.481 e. The van der Waals surface area contributed by atoms with E-state index in [1.165, 1.54) is 12.1 Å². The highest BCUT2D eigenvalue weighted by Gasteiger charge is 2.28. The third-order valence-electron chi connectivity index (χ3n) is 5.34. The highest BCUT2D eigenvalue weighted by Crippen LogP contribution is 2.24. The fraction of sp³-hybridized carbons (Fsp3) is 0.579. The van der Waals surface area contributed by atoms with E-state index in [0.717, 1.165) is 25.1 Å². The van der Waals surface area contributed by atoms with Gasteiger partial charge in [-0.3, -0.25) is 4.79 Å². The molecule has 1 saturated carbocycles. The van der Waals surface area contributed by atoms with Crippen LogP contribution in [0.3, 0.4) is 0 Å². The molecule has 142 valence electrons. The van der Waals surface area contributed by atoms with E-state index < -0.39 is 5.97 Å². The number of carbonyl (C=O) groups excluding carboxylic acids is 1. The van der Waals surface area contributed by atoms with Crippen molar-refractivity contribution < 1.29 is 19.1 Å². The first-order valence-corrected chi connectivity index (χ1v) is 9.31. The monoisotopic (exact) mass is 363 g/mol. The number of amides is 2. The Morgan fingerprint density at radius 3 is 2.50 bits per heavy atom. The number of carboxylic acids is 1. The summed E-state index contributed by atoms with van der Waals surface area (Å²) < 4.78 is 13.4. The number of carboxylic acid groups (broad SMARTS) is 1. The van der Waals surface area contributed by atoms with Gasteiger partial charge in [0.25, 0.3) is 0 Å². The largest absolute Gasteiger partial charge is 0.481 e. The number of rotatable bonds is 4. The van der Waals surface area contributed by atoms with Crippen LogP contribution in [0, 0.1) is 11.7 Å². The molecule has 3 rings (SSSR count). The molecule has 6 nitrogen and oxygen atoms in total. The average Bonchev–Trinajstić information content (AvgIpc) is 2.62. The molecule has 1 heterocycles. The fourth-order valence-electron chi connectivity index (χ4n) is 3.90. The number of aliphatic carboxylic acids is 1. The first kappa shape index (κ1) is 18.5. The van der Waals surface area contributed by atoms with Gasteiger partial charge in [-0.1, -0.05) is 6.07 Å². The van der Waals surface area contributed by atoms with Gasteiger partial charge in [0.1, 0.15) is 5.82 Å². The van der Waals surface area contributed by atoms with Crippen molar-refractivity contribution in [3.05, 3.63) is 30.1 Å². The quantitative estimate of drug-likeness (QED) is 0.768. The van der Waals surface area contributed by atoms with Gasteiger partial charge in [0.15, 0.2) is 0 Å². The summed E-state index contributed by atoms with van der Waals surface area (Å²) in [6.07, 6.45) is 4.44. The van der Waals surface area contributed by atoms with E-state index in [0.29, 0.717) is 32.2 Å². The Labute approximate surface area is 152 Å². The first-order chi connectivity index (χ1) is 12.5. The number of piperidine rings is 1. The summed E-state index contributed by atoms with van der Waals surface area (Å²) in [6.45, 7) is 1.51. The second-order valence-electron chi connectivity index (χ2n) is 7.27. The van der Waals surface area contributed by atoms with Crippen LogP contribution in [0.5, 0.6) is 0 Å². The van der Waals surface area contributed by atoms with Crippen molar-refractivity contribution in [2.45, 2.75) is 50.6 Å². The Hall–Kier alpha value is -2.31. The van der Waals surface area contributed by atoms with Crippen molar-refractivity contribution >= 4 is 17.7 Å². The number of benzene rings is 1. The predicted octanol–water partition coefficient (Wildman–Crippen LogP) is 2.74. The predicted molar refractivity (Wildman–Crippen MR) is 96.7 cm³/mol. The lowest BCUT2D eigenvalue weighted by Crippen LogP contribution is -2.52. The smallest absolute Gasteiger partial charge is 0.315 e. The molecule has 2 amide bonds. The average molecular weight is 363 g/mol. The van der Waals surface area contributed by atoms with E-state index in [4.69, 9.17) is 5.11 Å². The normalized spacial score (nSPS) is 26.2. The van der Waals surface area contributed by atoms with Gasteiger partial charge in [-0.15, -0.1) is 0 Å². The number of nitrogens with one attached hydrogen (secondary N) is 2. The molecule has 2 fully saturated rings. The molecule has 0 radical (unpaired) electrons. The van der Waals surface area contributed by atoms with Gasteiger partial charge < -0.3 is 20.6 Å². The lowest BCUT2D eigenvalue weighted by Gasteiger charge is -2.35. The second kappa shape index (κ2) is 8.38. The number of anilines is 1. The number of hydrogen-bond donors (Lipinski definition) is 3. The van der Waals surface area contributed by atoms with Crippen LogP contribution in [-0.2, 0) is 4.79 Å². The highest BCUT2D eigenvalue weighted by atomic mass is 19.1. The molecular formula is C19H26FN3O3. The van der Waals surface area contributed by atoms with Crippen molar-refractivity contribution in [2.24, 2.45) is 5.92 Å². The van der Waals surface area contributed by atoms with Crippen LogP contribution in [0.1, 0.15) is 38.5 Å². The Bertz CT molecular complexity index is 647. The molecule has 1 aliphatic heterocycles. The van der Waals surface area contributed by atoms with E-state index in [1.807, 2.05) is 6.07 Å². The van der Waals surface area contributed by atoms with Crippen molar-refractivity contribution in [2.75, 3.05) is 18.0 Å². The van der Waals surface area contributed by atoms with Crippen LogP contribution < -0.4 is 15.5 Å². The van der Waals surface area contributed by atoms with Gasteiger partial charge in [-0.05, 0) is 56.7 Å². The summed E-state index contributed by atoms with van der Waals surface area (Å²) in [5.74, 6) is -1.28. The third kappa shape index (κ3) is 4.86. The van der Waals surface area contributed by atoms with Gasteiger partial charge in [0.2, 0.25) is 0 Å². The van der Waals surface area contributed by atoms with Gasteiger partial charge in [-0.2, -0.15) is 0 Å². The molecular weight excluding hydrogens is 337 g/mol. The van der Waals surface area contributed by atoms with E-state index in [1.54, 1.807) is 6.07 Å². The zero-order chi connectivity index (χ0) is 18.5. The molecule has 7 heteroatoms. The minimum absolute atomic E-state index is 0.0161. The highest BCUT2D eigenvalue weighted by molar-refractivity contribution is 5.75. The molecule has 26 heavy (non-hydrogen) atoms. The summed E-state index contributed by atoms with van der Waals surface area (Å²) in [5, 5.41) is 15.0. The van der Waals surface area contributed by atoms with E-state index in [-0.39, 0.29) is 29.8 Å². The van der Waals surface area contributed by atoms with Crippen molar-refractivity contribution in [3.63, 3.8) is 0 Å². The Morgan fingerprint density at radius 2 is 1.81 bits per heavy atom. The summed E-state index contributed by atoms with van der Waals surface area (Å²) in [5.41, 5.74) is 0.837. The minimum atomic E-state index is -0.743. The summed E-state index contributed by atoms with van der Waals surface area (Å²) in [7, 11) is 0. The molecule has 1 atom stereocenters. The molecule has 2 aliphatic rings. The third-order valence-corrected chi connectivity index (χ3v) is 5.34. The van der Waals surface area contributed by atoms with Crippen molar-refractivity contribution in [3.8, 4) is 0 Å². The topological polar surface area (TPSA) is 81.7 Å². The Morgan fingerprint density at radius 1 is 1.08 bits per heavy atom. The number of nitrogens with zero attached hydrogens (tertiary/aromatic N) is 1. The molecule has 1 aromatic carbocycles. The van der Waals surface area contributed by atoms with E-state index in [9.17, 15) is 14.0 Å². The lowest BCUT2D eigenvalue weighted by molar-refractivity contribution is -0.142. The van der Waals surface area contributed by atoms with Crippen molar-refractivity contribution in [1.82, 2.24) is 10.6 Å². The lowest BCUT2D eigenvalue weighted by atomic mass is 9.86. The van der Waals surface area contributed by atoms with Crippen LogP contribution >= 0.6 is 0 Å². The maximum atomic E-state index is 13.4. The maximum Gasteiger partial charge on any atom is 0.315 e. The molecule has 0 bridgehead atoms. The van der Waals surface area contributed by atoms with Gasteiger partial charge in [-0.25, -0.2) is 9.18 Å². The number of urea groups is 1. The van der Waals surface area contributed by atoms with E-state index >= 15 is 0 Å². The van der Waals surface area contributed by atoms with Crippen LogP contribution in [0.25, 0.3) is 0 Å². The summed E-state index contributed by atoms with van der Waals surface area (Å²) in [4.78, 5) is 25.4. The zero-order valence-corrected chi connectivity index (χ0v) is 14.8. The van der Waals surface area contributed by atoms with Crippen LogP contribution in [0.4, 0.5) is 14.9 Å². The molecule has 1 aromatic rings. The second-order valence-corrected chi connectivity index (χ2v) is 7.27. The van der Waals surface area contributed by atoms with Gasteiger partial charge in [0.05, 0.1) is 5.92 Å². The maximum absolute atomic E-state index is 13.4. The van der Waals surface area contributed by atoms with E-state index in [2.05, 4.69) is 15.5 Å². The Kier molecular flexibility index (Phi) is 5.96. The Balaban J connectivity index is 1.46. The standard InChI is InChI=1S/C19H26FN3O3/c20-14-3-1-5-17(11-14)23-10-2-4-16(12-23)22-19(26)21-15-8-6-13(7-9-15)18(24)25/h1,3,5,11,13,15-16H,2,4,6-10,12H2,(H,24,25)(H2,21,22,26). The number of halogens is 1. The zero-order valence-electron chi connectivity index (χ0n) is 14.8. The summed E-state index contributed by atoms with van der Waals surface area (Å²) >= 11 is 0.